The van der Waals surface area contributed by atoms with E-state index in [-0.39, 0.29) is 18.5 Å². The molecular formula is C17H24N2O2. The standard InChI is InChI=1S/C17H24N2O2/c1-13(2)14-6-8-15(9-7-14)18-17(21)11-19-10-4-3-5-16(19)12-20/h6-9,12-13,16H,3-5,10-11H2,1-2H3,(H,18,21). The SMILES string of the molecule is CC(C)c1ccc(NC(=O)CN2CCCCC2C=O)cc1. The van der Waals surface area contributed by atoms with E-state index in [0.29, 0.717) is 5.92 Å². The predicted octanol–water partition coefficient (Wildman–Crippen LogP) is 2.80. The molecule has 1 N–H and O–H groups in total. The van der Waals surface area contributed by atoms with Crippen LogP contribution in [0.5, 0.6) is 0 Å². The van der Waals surface area contributed by atoms with E-state index < -0.39 is 0 Å². The average molecular weight is 288 g/mol. The number of benzene rings is 1. The third-order valence-corrected chi connectivity index (χ3v) is 4.03. The van der Waals surface area contributed by atoms with E-state index in [4.69, 9.17) is 0 Å². The van der Waals surface area contributed by atoms with Gasteiger partial charge in [-0.05, 0) is 43.0 Å². The van der Waals surface area contributed by atoms with E-state index in [1.54, 1.807) is 0 Å². The summed E-state index contributed by atoms with van der Waals surface area (Å²) in [5.41, 5.74) is 2.06. The molecule has 1 aliphatic heterocycles. The lowest BCUT2D eigenvalue weighted by molar-refractivity contribution is -0.120. The van der Waals surface area contributed by atoms with Crippen molar-refractivity contribution in [2.24, 2.45) is 0 Å². The van der Waals surface area contributed by atoms with Crippen molar-refractivity contribution in [3.63, 3.8) is 0 Å². The fraction of sp³-hybridized carbons (Fsp3) is 0.529. The molecule has 4 nitrogen and oxygen atoms in total. The molecule has 1 heterocycles. The highest BCUT2D eigenvalue weighted by Gasteiger charge is 2.23. The Morgan fingerprint density at radius 3 is 2.67 bits per heavy atom. The molecule has 4 heteroatoms. The third kappa shape index (κ3) is 4.39. The number of likely N-dealkylation sites (tertiary alicyclic amines) is 1. The van der Waals surface area contributed by atoms with Crippen molar-refractivity contribution in [3.8, 4) is 0 Å². The van der Waals surface area contributed by atoms with Gasteiger partial charge in [-0.25, -0.2) is 0 Å². The van der Waals surface area contributed by atoms with Crippen LogP contribution >= 0.6 is 0 Å². The zero-order valence-corrected chi connectivity index (χ0v) is 12.8. The van der Waals surface area contributed by atoms with Crippen molar-refractivity contribution in [1.29, 1.82) is 0 Å². The van der Waals surface area contributed by atoms with Crippen molar-refractivity contribution in [2.75, 3.05) is 18.4 Å². The minimum atomic E-state index is -0.104. The van der Waals surface area contributed by atoms with Gasteiger partial charge in [0.2, 0.25) is 5.91 Å². The molecule has 2 rings (SSSR count). The molecule has 0 radical (unpaired) electrons. The Hall–Kier alpha value is -1.68. The Morgan fingerprint density at radius 2 is 2.05 bits per heavy atom. The van der Waals surface area contributed by atoms with Gasteiger partial charge in [-0.15, -0.1) is 0 Å². The van der Waals surface area contributed by atoms with E-state index >= 15 is 0 Å². The number of hydrogen-bond donors (Lipinski definition) is 1. The molecule has 114 valence electrons. The second kappa shape index (κ2) is 7.36. The number of carbonyl (C=O) groups is 2. The monoisotopic (exact) mass is 288 g/mol. The van der Waals surface area contributed by atoms with E-state index in [0.717, 1.165) is 37.8 Å². The molecule has 0 aromatic heterocycles. The molecule has 1 atom stereocenters. The van der Waals surface area contributed by atoms with Gasteiger partial charge in [-0.2, -0.15) is 0 Å². The summed E-state index contributed by atoms with van der Waals surface area (Å²) < 4.78 is 0. The number of rotatable bonds is 5. The second-order valence-corrected chi connectivity index (χ2v) is 5.99. The molecule has 21 heavy (non-hydrogen) atoms. The highest BCUT2D eigenvalue weighted by Crippen LogP contribution is 2.18. The molecule has 1 amide bonds. The zero-order valence-electron chi connectivity index (χ0n) is 12.8. The highest BCUT2D eigenvalue weighted by atomic mass is 16.2. The minimum Gasteiger partial charge on any atom is -0.325 e. The van der Waals surface area contributed by atoms with Crippen LogP contribution in [0.3, 0.4) is 0 Å². The number of nitrogens with zero attached hydrogens (tertiary/aromatic N) is 1. The molecule has 1 aromatic rings. The van der Waals surface area contributed by atoms with Crippen LogP contribution < -0.4 is 5.32 Å². The van der Waals surface area contributed by atoms with Gasteiger partial charge < -0.3 is 10.1 Å². The molecule has 0 bridgehead atoms. The topological polar surface area (TPSA) is 49.4 Å². The van der Waals surface area contributed by atoms with Gasteiger partial charge >= 0.3 is 0 Å². The van der Waals surface area contributed by atoms with E-state index in [1.165, 1.54) is 5.56 Å². The molecular weight excluding hydrogens is 264 g/mol. The average Bonchev–Trinajstić information content (AvgIpc) is 2.48. The Kier molecular flexibility index (Phi) is 5.51. The van der Waals surface area contributed by atoms with Crippen LogP contribution in [0.2, 0.25) is 0 Å². The fourth-order valence-electron chi connectivity index (χ4n) is 2.70. The summed E-state index contributed by atoms with van der Waals surface area (Å²) >= 11 is 0. The van der Waals surface area contributed by atoms with E-state index in [1.807, 2.05) is 29.2 Å². The molecule has 0 spiro atoms. The highest BCUT2D eigenvalue weighted by molar-refractivity contribution is 5.92. The first-order chi connectivity index (χ1) is 10.1. The Morgan fingerprint density at radius 1 is 1.33 bits per heavy atom. The van der Waals surface area contributed by atoms with Crippen molar-refractivity contribution < 1.29 is 9.59 Å². The molecule has 0 saturated carbocycles. The maximum atomic E-state index is 12.1. The number of aldehydes is 1. The number of carbonyl (C=O) groups excluding carboxylic acids is 2. The van der Waals surface area contributed by atoms with Crippen molar-refractivity contribution in [1.82, 2.24) is 4.90 Å². The maximum absolute atomic E-state index is 12.1. The van der Waals surface area contributed by atoms with Crippen LogP contribution in [-0.2, 0) is 9.59 Å². The van der Waals surface area contributed by atoms with Crippen LogP contribution in [0.25, 0.3) is 0 Å². The van der Waals surface area contributed by atoms with Crippen molar-refractivity contribution in [3.05, 3.63) is 29.8 Å². The summed E-state index contributed by atoms with van der Waals surface area (Å²) in [6.45, 7) is 5.39. The minimum absolute atomic E-state index is 0.0546. The van der Waals surface area contributed by atoms with Gasteiger partial charge in [-0.1, -0.05) is 32.4 Å². The lowest BCUT2D eigenvalue weighted by Gasteiger charge is -2.31. The summed E-state index contributed by atoms with van der Waals surface area (Å²) in [6, 6.07) is 7.83. The quantitative estimate of drug-likeness (QED) is 0.848. The van der Waals surface area contributed by atoms with E-state index in [9.17, 15) is 9.59 Å². The van der Waals surface area contributed by atoms with Crippen LogP contribution in [0.15, 0.2) is 24.3 Å². The van der Waals surface area contributed by atoms with Crippen LogP contribution in [-0.4, -0.2) is 36.2 Å². The Balaban J connectivity index is 1.90. The summed E-state index contributed by atoms with van der Waals surface area (Å²) in [5, 5.41) is 2.90. The number of piperidine rings is 1. The van der Waals surface area contributed by atoms with Crippen molar-refractivity contribution in [2.45, 2.75) is 45.1 Å². The molecule has 1 unspecified atom stereocenters. The number of anilines is 1. The number of amides is 1. The van der Waals surface area contributed by atoms with Gasteiger partial charge in [0.25, 0.3) is 0 Å². The lowest BCUT2D eigenvalue weighted by Crippen LogP contribution is -2.44. The van der Waals surface area contributed by atoms with Gasteiger partial charge in [0, 0.05) is 5.69 Å². The zero-order chi connectivity index (χ0) is 15.2. The first kappa shape index (κ1) is 15.7. The summed E-state index contributed by atoms with van der Waals surface area (Å²) in [5.74, 6) is 0.428. The summed E-state index contributed by atoms with van der Waals surface area (Å²) in [6.07, 6.45) is 3.95. The van der Waals surface area contributed by atoms with Crippen LogP contribution in [0.4, 0.5) is 5.69 Å². The molecule has 1 aromatic carbocycles. The maximum Gasteiger partial charge on any atom is 0.238 e. The van der Waals surface area contributed by atoms with Gasteiger partial charge in [-0.3, -0.25) is 9.69 Å². The smallest absolute Gasteiger partial charge is 0.238 e. The van der Waals surface area contributed by atoms with Gasteiger partial charge in [0.1, 0.15) is 6.29 Å². The predicted molar refractivity (Wildman–Crippen MR) is 84.4 cm³/mol. The summed E-state index contributed by atoms with van der Waals surface area (Å²) in [4.78, 5) is 25.1. The van der Waals surface area contributed by atoms with E-state index in [2.05, 4.69) is 19.2 Å². The fourth-order valence-corrected chi connectivity index (χ4v) is 2.70. The first-order valence-electron chi connectivity index (χ1n) is 7.69. The van der Waals surface area contributed by atoms with Crippen LogP contribution in [0, 0.1) is 0 Å². The Bertz CT molecular complexity index is 482. The molecule has 1 saturated heterocycles. The Labute approximate surface area is 126 Å². The van der Waals surface area contributed by atoms with Crippen LogP contribution in [0.1, 0.15) is 44.6 Å². The lowest BCUT2D eigenvalue weighted by atomic mass is 10.0. The number of nitrogens with one attached hydrogen (secondary N) is 1. The molecule has 1 fully saturated rings. The first-order valence-corrected chi connectivity index (χ1v) is 7.69. The summed E-state index contributed by atoms with van der Waals surface area (Å²) in [7, 11) is 0. The normalized spacial score (nSPS) is 19.5. The molecule has 1 aliphatic rings. The largest absolute Gasteiger partial charge is 0.325 e. The van der Waals surface area contributed by atoms with Gasteiger partial charge in [0.15, 0.2) is 0 Å². The molecule has 0 aliphatic carbocycles. The number of hydrogen-bond acceptors (Lipinski definition) is 3. The second-order valence-electron chi connectivity index (χ2n) is 5.99. The third-order valence-electron chi connectivity index (χ3n) is 4.03. The van der Waals surface area contributed by atoms with Gasteiger partial charge in [0.05, 0.1) is 12.6 Å². The van der Waals surface area contributed by atoms with Crippen molar-refractivity contribution >= 4 is 17.9 Å².